The van der Waals surface area contributed by atoms with E-state index in [1.807, 2.05) is 43.0 Å². The van der Waals surface area contributed by atoms with Crippen LogP contribution in [0.1, 0.15) is 32.3 Å². The van der Waals surface area contributed by atoms with Gasteiger partial charge in [-0.15, -0.1) is 0 Å². The number of carboxylic acids is 1. The van der Waals surface area contributed by atoms with Gasteiger partial charge in [-0.3, -0.25) is 9.59 Å². The Morgan fingerprint density at radius 1 is 1.11 bits per heavy atom. The van der Waals surface area contributed by atoms with Crippen LogP contribution in [-0.2, 0) is 11.2 Å². The summed E-state index contributed by atoms with van der Waals surface area (Å²) >= 11 is 6.14. The number of nitrogens with zero attached hydrogens (tertiary/aromatic N) is 2. The Morgan fingerprint density at radius 2 is 1.78 bits per heavy atom. The van der Waals surface area contributed by atoms with Gasteiger partial charge in [-0.25, -0.2) is 9.78 Å². The van der Waals surface area contributed by atoms with Gasteiger partial charge in [0.05, 0.1) is 0 Å². The molecule has 4 aromatic rings. The number of benzene rings is 2. The summed E-state index contributed by atoms with van der Waals surface area (Å²) in [4.78, 5) is 43.0. The van der Waals surface area contributed by atoms with Crippen LogP contribution in [0, 0.1) is 0 Å². The quantitative estimate of drug-likeness (QED) is 0.253. The topological polar surface area (TPSA) is 109 Å². The number of rotatable bonds is 8. The lowest BCUT2D eigenvalue weighted by Gasteiger charge is -2.32. The molecule has 0 saturated carbocycles. The molecule has 8 nitrogen and oxygen atoms in total. The summed E-state index contributed by atoms with van der Waals surface area (Å²) in [6, 6.07) is 15.5. The number of fused-ring (bicyclic) bond motifs is 1. The molecule has 3 aromatic carbocycles. The highest BCUT2D eigenvalue weighted by Crippen LogP contribution is 2.33. The van der Waals surface area contributed by atoms with E-state index >= 15 is 0 Å². The SMILES string of the molecule is C[C@H]1CC[C@H](C)N1c1c(N[C@@H](Cc2ccc(Oc3nc(Cl)cc4ccccc34)cc2)C(=O)O)c(=O)c1=O. The van der Waals surface area contributed by atoms with Gasteiger partial charge in [-0.05, 0) is 61.9 Å². The lowest BCUT2D eigenvalue weighted by molar-refractivity contribution is -0.137. The summed E-state index contributed by atoms with van der Waals surface area (Å²) in [5.41, 5.74) is -0.108. The minimum atomic E-state index is -1.11. The second kappa shape index (κ2) is 9.86. The number of hydrogen-bond donors (Lipinski definition) is 2. The number of ether oxygens (including phenoxy) is 1. The maximum Gasteiger partial charge on any atom is 0.326 e. The second-order valence-corrected chi connectivity index (χ2v) is 9.91. The molecule has 9 heteroatoms. The average Bonchev–Trinajstić information content (AvgIpc) is 3.20. The molecule has 1 aliphatic rings. The third kappa shape index (κ3) is 4.76. The highest BCUT2D eigenvalue weighted by atomic mass is 35.5. The van der Waals surface area contributed by atoms with E-state index in [9.17, 15) is 19.5 Å². The Hall–Kier alpha value is -3.91. The molecule has 0 unspecified atom stereocenters. The first-order chi connectivity index (χ1) is 17.7. The molecule has 1 fully saturated rings. The third-order valence-corrected chi connectivity index (χ3v) is 7.16. The van der Waals surface area contributed by atoms with Crippen molar-refractivity contribution in [3.8, 4) is 11.6 Å². The Bertz CT molecular complexity index is 1530. The highest BCUT2D eigenvalue weighted by molar-refractivity contribution is 6.30. The summed E-state index contributed by atoms with van der Waals surface area (Å²) in [5, 5.41) is 14.7. The van der Waals surface area contributed by atoms with E-state index in [2.05, 4.69) is 10.3 Å². The first kappa shape index (κ1) is 24.8. The van der Waals surface area contributed by atoms with Crippen molar-refractivity contribution in [1.82, 2.24) is 4.98 Å². The molecule has 1 aromatic heterocycles. The summed E-state index contributed by atoms with van der Waals surface area (Å²) in [6.45, 7) is 4.01. The van der Waals surface area contributed by atoms with Crippen LogP contribution in [0.25, 0.3) is 10.8 Å². The molecule has 0 bridgehead atoms. The minimum Gasteiger partial charge on any atom is -0.480 e. The largest absolute Gasteiger partial charge is 0.480 e. The van der Waals surface area contributed by atoms with E-state index in [4.69, 9.17) is 16.3 Å². The molecular weight excluding hydrogens is 494 g/mol. The molecule has 0 amide bonds. The van der Waals surface area contributed by atoms with E-state index in [0.29, 0.717) is 22.5 Å². The summed E-state index contributed by atoms with van der Waals surface area (Å²) in [6.07, 6.45) is 1.94. The first-order valence-electron chi connectivity index (χ1n) is 12.2. The molecule has 190 valence electrons. The molecule has 0 aliphatic carbocycles. The molecule has 2 heterocycles. The summed E-state index contributed by atoms with van der Waals surface area (Å²) < 4.78 is 5.97. The van der Waals surface area contributed by atoms with E-state index < -0.39 is 22.9 Å². The van der Waals surface area contributed by atoms with Gasteiger partial charge in [0.2, 0.25) is 5.88 Å². The van der Waals surface area contributed by atoms with Crippen molar-refractivity contribution in [2.45, 2.75) is 51.2 Å². The number of carboxylic acid groups (broad SMARTS) is 1. The van der Waals surface area contributed by atoms with Crippen LogP contribution in [0.4, 0.5) is 11.4 Å². The van der Waals surface area contributed by atoms with Gasteiger partial charge >= 0.3 is 5.97 Å². The van der Waals surface area contributed by atoms with Crippen LogP contribution in [0.15, 0.2) is 64.2 Å². The number of anilines is 2. The lowest BCUT2D eigenvalue weighted by Crippen LogP contribution is -2.48. The van der Waals surface area contributed by atoms with Gasteiger partial charge in [0.15, 0.2) is 0 Å². The molecule has 2 N–H and O–H groups in total. The number of aromatic nitrogens is 1. The zero-order chi connectivity index (χ0) is 26.3. The Morgan fingerprint density at radius 3 is 2.46 bits per heavy atom. The Kier molecular flexibility index (Phi) is 6.60. The van der Waals surface area contributed by atoms with Crippen molar-refractivity contribution in [3.05, 3.63) is 85.8 Å². The molecule has 3 atom stereocenters. The second-order valence-electron chi connectivity index (χ2n) is 9.52. The molecule has 5 rings (SSSR count). The number of carbonyl (C=O) groups is 1. The van der Waals surface area contributed by atoms with Gasteiger partial charge in [-0.1, -0.05) is 41.9 Å². The predicted molar refractivity (Wildman–Crippen MR) is 144 cm³/mol. The van der Waals surface area contributed by atoms with Crippen molar-refractivity contribution in [2.24, 2.45) is 0 Å². The van der Waals surface area contributed by atoms with E-state index in [1.165, 1.54) is 0 Å². The smallest absolute Gasteiger partial charge is 0.326 e. The fourth-order valence-electron chi connectivity index (χ4n) is 5.02. The fraction of sp³-hybridized carbons (Fsp3) is 0.286. The van der Waals surface area contributed by atoms with Crippen LogP contribution in [0.3, 0.4) is 0 Å². The molecule has 1 saturated heterocycles. The van der Waals surface area contributed by atoms with Crippen LogP contribution in [-0.4, -0.2) is 34.2 Å². The molecule has 0 radical (unpaired) electrons. The zero-order valence-corrected chi connectivity index (χ0v) is 21.2. The van der Waals surface area contributed by atoms with Crippen molar-refractivity contribution in [1.29, 1.82) is 0 Å². The van der Waals surface area contributed by atoms with Crippen molar-refractivity contribution < 1.29 is 14.6 Å². The maximum atomic E-state index is 12.4. The van der Waals surface area contributed by atoms with Crippen molar-refractivity contribution >= 4 is 39.7 Å². The molecular formula is C28H26ClN3O5. The van der Waals surface area contributed by atoms with E-state index in [0.717, 1.165) is 29.2 Å². The molecule has 0 spiro atoms. The number of nitrogens with one attached hydrogen (secondary N) is 1. The minimum absolute atomic E-state index is 0.0943. The fourth-order valence-corrected chi connectivity index (χ4v) is 5.22. The molecule has 37 heavy (non-hydrogen) atoms. The maximum absolute atomic E-state index is 12.4. The zero-order valence-electron chi connectivity index (χ0n) is 20.4. The van der Waals surface area contributed by atoms with Gasteiger partial charge in [0.25, 0.3) is 10.9 Å². The van der Waals surface area contributed by atoms with E-state index in [1.54, 1.807) is 30.3 Å². The normalized spacial score (nSPS) is 18.3. The summed E-state index contributed by atoms with van der Waals surface area (Å²) in [5.74, 6) is -0.222. The third-order valence-electron chi connectivity index (χ3n) is 6.96. The van der Waals surface area contributed by atoms with Crippen molar-refractivity contribution in [2.75, 3.05) is 10.2 Å². The van der Waals surface area contributed by atoms with Gasteiger partial charge in [0, 0.05) is 23.9 Å². The first-order valence-corrected chi connectivity index (χ1v) is 12.5. The van der Waals surface area contributed by atoms with Crippen molar-refractivity contribution in [3.63, 3.8) is 0 Å². The monoisotopic (exact) mass is 519 g/mol. The van der Waals surface area contributed by atoms with Gasteiger partial charge < -0.3 is 20.1 Å². The predicted octanol–water partition coefficient (Wildman–Crippen LogP) is 4.76. The standard InChI is InChI=1S/C28H26ClN3O5/c1-15-7-8-16(2)32(15)24-23(25(33)26(24)34)30-21(28(35)36)13-17-9-11-19(12-10-17)37-27-20-6-4-3-5-18(20)14-22(29)31-27/h3-6,9-12,14-16,21,30H,7-8,13H2,1-2H3,(H,35,36)/t15-,16-,21-/m0/s1. The van der Waals surface area contributed by atoms with Gasteiger partial charge in [0.1, 0.15) is 28.3 Å². The highest BCUT2D eigenvalue weighted by Gasteiger charge is 2.36. The number of hydrogen-bond acceptors (Lipinski definition) is 7. The van der Waals surface area contributed by atoms with Gasteiger partial charge in [-0.2, -0.15) is 0 Å². The molecule has 1 aliphatic heterocycles. The number of halogens is 1. The van der Waals surface area contributed by atoms with Crippen LogP contribution in [0.5, 0.6) is 11.6 Å². The Balaban J connectivity index is 1.33. The average molecular weight is 520 g/mol. The van der Waals surface area contributed by atoms with Crippen LogP contribution >= 0.6 is 11.6 Å². The summed E-state index contributed by atoms with van der Waals surface area (Å²) in [7, 11) is 0. The van der Waals surface area contributed by atoms with Crippen LogP contribution in [0.2, 0.25) is 5.15 Å². The van der Waals surface area contributed by atoms with Crippen LogP contribution < -0.4 is 25.8 Å². The Labute approximate surface area is 218 Å². The number of aliphatic carboxylic acids is 1. The lowest BCUT2D eigenvalue weighted by atomic mass is 10.0. The van der Waals surface area contributed by atoms with E-state index in [-0.39, 0.29) is 24.2 Å². The number of pyridine rings is 1.